The number of anilines is 1. The first kappa shape index (κ1) is 15.4. The fourth-order valence-corrected chi connectivity index (χ4v) is 3.16. The fourth-order valence-electron chi connectivity index (χ4n) is 2.44. The van der Waals surface area contributed by atoms with Gasteiger partial charge in [0.1, 0.15) is 0 Å². The minimum Gasteiger partial charge on any atom is -0.454 e. The van der Waals surface area contributed by atoms with Crippen LogP contribution in [-0.2, 0) is 4.79 Å². The molecule has 124 valence electrons. The molecule has 1 aromatic heterocycles. The average molecular weight is 350 g/mol. The van der Waals surface area contributed by atoms with Crippen LogP contribution in [0.5, 0.6) is 11.5 Å². The third-order valence-electron chi connectivity index (χ3n) is 3.64. The van der Waals surface area contributed by atoms with Gasteiger partial charge in [0.2, 0.25) is 12.7 Å². The zero-order chi connectivity index (χ0) is 17.1. The molecule has 5 nitrogen and oxygen atoms in total. The third-order valence-corrected chi connectivity index (χ3v) is 4.43. The van der Waals surface area contributed by atoms with Gasteiger partial charge in [-0.25, -0.2) is 4.98 Å². The summed E-state index contributed by atoms with van der Waals surface area (Å²) in [5, 5.41) is 2.84. The SMILES string of the molecule is O=C(/C=C/C=C/c1ccc2c(c1)OCO2)Nc1ccc2ncsc2c1. The summed E-state index contributed by atoms with van der Waals surface area (Å²) in [6.45, 7) is 0.260. The highest BCUT2D eigenvalue weighted by Gasteiger charge is 2.11. The lowest BCUT2D eigenvalue weighted by atomic mass is 10.2. The Hall–Kier alpha value is -3.12. The lowest BCUT2D eigenvalue weighted by Gasteiger charge is -2.01. The Morgan fingerprint density at radius 1 is 1.12 bits per heavy atom. The Bertz CT molecular complexity index is 991. The summed E-state index contributed by atoms with van der Waals surface area (Å²) >= 11 is 1.55. The molecule has 1 N–H and O–H groups in total. The van der Waals surface area contributed by atoms with Gasteiger partial charge in [-0.2, -0.15) is 0 Å². The van der Waals surface area contributed by atoms with Crippen LogP contribution in [0.15, 0.2) is 60.1 Å². The Labute approximate surface area is 148 Å². The van der Waals surface area contributed by atoms with Crippen LogP contribution in [0.1, 0.15) is 5.56 Å². The molecule has 4 rings (SSSR count). The predicted octanol–water partition coefficient (Wildman–Crippen LogP) is 4.23. The number of rotatable bonds is 4. The van der Waals surface area contributed by atoms with E-state index < -0.39 is 0 Å². The molecule has 3 aromatic rings. The second kappa shape index (κ2) is 6.78. The summed E-state index contributed by atoms with van der Waals surface area (Å²) in [6.07, 6.45) is 6.89. The molecule has 0 aliphatic carbocycles. The normalized spacial score (nSPS) is 13.1. The molecule has 6 heteroatoms. The van der Waals surface area contributed by atoms with Crippen molar-refractivity contribution in [3.63, 3.8) is 0 Å². The van der Waals surface area contributed by atoms with Crippen LogP contribution in [0.4, 0.5) is 5.69 Å². The van der Waals surface area contributed by atoms with E-state index in [0.29, 0.717) is 0 Å². The molecule has 2 aromatic carbocycles. The minimum absolute atomic E-state index is 0.181. The van der Waals surface area contributed by atoms with Crippen molar-refractivity contribution in [2.24, 2.45) is 0 Å². The fraction of sp³-hybridized carbons (Fsp3) is 0.0526. The average Bonchev–Trinajstić information content (AvgIpc) is 3.26. The zero-order valence-electron chi connectivity index (χ0n) is 13.1. The molecular weight excluding hydrogens is 336 g/mol. The van der Waals surface area contributed by atoms with Gasteiger partial charge in [-0.3, -0.25) is 4.79 Å². The largest absolute Gasteiger partial charge is 0.454 e. The lowest BCUT2D eigenvalue weighted by Crippen LogP contribution is -2.07. The molecular formula is C19H14N2O3S. The summed E-state index contributed by atoms with van der Waals surface area (Å²) in [6, 6.07) is 11.4. The van der Waals surface area contributed by atoms with Gasteiger partial charge in [-0.05, 0) is 35.9 Å². The van der Waals surface area contributed by atoms with Gasteiger partial charge in [0.05, 0.1) is 15.7 Å². The molecule has 1 aliphatic heterocycles. The number of nitrogens with one attached hydrogen (secondary N) is 1. The highest BCUT2D eigenvalue weighted by Crippen LogP contribution is 2.32. The number of allylic oxidation sites excluding steroid dienone is 2. The Morgan fingerprint density at radius 2 is 2.04 bits per heavy atom. The van der Waals surface area contributed by atoms with Crippen molar-refractivity contribution in [2.75, 3.05) is 12.1 Å². The highest BCUT2D eigenvalue weighted by molar-refractivity contribution is 7.16. The maximum Gasteiger partial charge on any atom is 0.248 e. The van der Waals surface area contributed by atoms with Crippen LogP contribution >= 0.6 is 11.3 Å². The molecule has 0 bridgehead atoms. The Morgan fingerprint density at radius 3 is 3.00 bits per heavy atom. The summed E-state index contributed by atoms with van der Waals surface area (Å²) in [5.41, 5.74) is 4.46. The number of benzene rings is 2. The van der Waals surface area contributed by atoms with Crippen molar-refractivity contribution in [1.82, 2.24) is 4.98 Å². The first-order valence-electron chi connectivity index (χ1n) is 7.66. The van der Waals surface area contributed by atoms with Gasteiger partial charge in [0.15, 0.2) is 11.5 Å². The van der Waals surface area contributed by atoms with Crippen molar-refractivity contribution < 1.29 is 14.3 Å². The van der Waals surface area contributed by atoms with E-state index in [0.717, 1.165) is 33.0 Å². The number of nitrogens with zero attached hydrogens (tertiary/aromatic N) is 1. The van der Waals surface area contributed by atoms with Crippen molar-refractivity contribution >= 4 is 39.2 Å². The Kier molecular flexibility index (Phi) is 4.18. The van der Waals surface area contributed by atoms with E-state index in [1.165, 1.54) is 6.08 Å². The maximum atomic E-state index is 12.0. The van der Waals surface area contributed by atoms with E-state index in [-0.39, 0.29) is 12.7 Å². The minimum atomic E-state index is -0.181. The van der Waals surface area contributed by atoms with Crippen LogP contribution in [0.2, 0.25) is 0 Å². The number of fused-ring (bicyclic) bond motifs is 2. The monoisotopic (exact) mass is 350 g/mol. The van der Waals surface area contributed by atoms with E-state index >= 15 is 0 Å². The molecule has 0 fully saturated rings. The second-order valence-electron chi connectivity index (χ2n) is 5.36. The molecule has 2 heterocycles. The number of aromatic nitrogens is 1. The summed E-state index contributed by atoms with van der Waals surface area (Å²) in [7, 11) is 0. The standard InChI is InChI=1S/C19H14N2O3S/c22-19(21-14-6-7-15-18(10-14)25-11-20-15)4-2-1-3-13-5-8-16-17(9-13)24-12-23-16/h1-11H,12H2,(H,21,22)/b3-1+,4-2+. The van der Waals surface area contributed by atoms with Crippen molar-refractivity contribution in [3.05, 3.63) is 65.7 Å². The molecule has 0 radical (unpaired) electrons. The molecule has 1 amide bonds. The molecule has 0 atom stereocenters. The Balaban J connectivity index is 1.37. The second-order valence-corrected chi connectivity index (χ2v) is 6.24. The van der Waals surface area contributed by atoms with E-state index in [9.17, 15) is 4.79 Å². The number of hydrogen-bond donors (Lipinski definition) is 1. The topological polar surface area (TPSA) is 60.5 Å². The lowest BCUT2D eigenvalue weighted by molar-refractivity contribution is -0.111. The van der Waals surface area contributed by atoms with E-state index in [1.807, 2.05) is 48.6 Å². The van der Waals surface area contributed by atoms with E-state index in [2.05, 4.69) is 10.3 Å². The third kappa shape index (κ3) is 3.54. The summed E-state index contributed by atoms with van der Waals surface area (Å²) in [5.74, 6) is 1.31. The van der Waals surface area contributed by atoms with Gasteiger partial charge in [-0.1, -0.05) is 24.3 Å². The van der Waals surface area contributed by atoms with Gasteiger partial charge in [0, 0.05) is 11.8 Å². The van der Waals surface area contributed by atoms with Gasteiger partial charge in [-0.15, -0.1) is 11.3 Å². The number of ether oxygens (including phenoxy) is 2. The quantitative estimate of drug-likeness (QED) is 0.565. The first-order chi connectivity index (χ1) is 12.3. The van der Waals surface area contributed by atoms with E-state index in [4.69, 9.17) is 9.47 Å². The molecule has 1 aliphatic rings. The molecule has 25 heavy (non-hydrogen) atoms. The van der Waals surface area contributed by atoms with Gasteiger partial charge >= 0.3 is 0 Å². The van der Waals surface area contributed by atoms with Crippen molar-refractivity contribution in [3.8, 4) is 11.5 Å². The van der Waals surface area contributed by atoms with Crippen LogP contribution < -0.4 is 14.8 Å². The number of carbonyl (C=O) groups is 1. The van der Waals surface area contributed by atoms with Crippen LogP contribution in [0, 0.1) is 0 Å². The van der Waals surface area contributed by atoms with Crippen LogP contribution in [0.3, 0.4) is 0 Å². The van der Waals surface area contributed by atoms with Crippen LogP contribution in [-0.4, -0.2) is 17.7 Å². The molecule has 0 spiro atoms. The van der Waals surface area contributed by atoms with Crippen LogP contribution in [0.25, 0.3) is 16.3 Å². The molecule has 0 unspecified atom stereocenters. The summed E-state index contributed by atoms with van der Waals surface area (Å²) < 4.78 is 11.7. The van der Waals surface area contributed by atoms with Crippen molar-refractivity contribution in [1.29, 1.82) is 0 Å². The summed E-state index contributed by atoms with van der Waals surface area (Å²) in [4.78, 5) is 16.2. The first-order valence-corrected chi connectivity index (χ1v) is 8.54. The number of amides is 1. The smallest absolute Gasteiger partial charge is 0.248 e. The number of thiazole rings is 1. The molecule has 0 saturated carbocycles. The zero-order valence-corrected chi connectivity index (χ0v) is 14.0. The highest BCUT2D eigenvalue weighted by atomic mass is 32.1. The van der Waals surface area contributed by atoms with Gasteiger partial charge < -0.3 is 14.8 Å². The molecule has 0 saturated heterocycles. The number of hydrogen-bond acceptors (Lipinski definition) is 5. The predicted molar refractivity (Wildman–Crippen MR) is 99.0 cm³/mol. The maximum absolute atomic E-state index is 12.0. The number of carbonyl (C=O) groups excluding carboxylic acids is 1. The van der Waals surface area contributed by atoms with Crippen molar-refractivity contribution in [2.45, 2.75) is 0 Å². The van der Waals surface area contributed by atoms with Gasteiger partial charge in [0.25, 0.3) is 0 Å². The van der Waals surface area contributed by atoms with E-state index in [1.54, 1.807) is 22.9 Å².